The summed E-state index contributed by atoms with van der Waals surface area (Å²) in [6, 6.07) is 1.21. The van der Waals surface area contributed by atoms with Crippen molar-refractivity contribution in [3.8, 4) is 0 Å². The Balaban J connectivity index is 1.58. The summed E-state index contributed by atoms with van der Waals surface area (Å²) in [5.41, 5.74) is 2.98. The lowest BCUT2D eigenvalue weighted by Gasteiger charge is -2.43. The van der Waals surface area contributed by atoms with Gasteiger partial charge in [-0.25, -0.2) is 4.98 Å². The van der Waals surface area contributed by atoms with E-state index in [1.54, 1.807) is 6.20 Å². The Morgan fingerprint density at radius 1 is 1.23 bits per heavy atom. The van der Waals surface area contributed by atoms with Gasteiger partial charge in [0.2, 0.25) is 0 Å². The normalized spacial score (nSPS) is 29.0. The first-order chi connectivity index (χ1) is 12.3. The zero-order valence-corrected chi connectivity index (χ0v) is 16.6. The first-order valence-electron chi connectivity index (χ1n) is 9.80. The van der Waals surface area contributed by atoms with Gasteiger partial charge in [0.15, 0.2) is 0 Å². The Labute approximate surface area is 155 Å². The second kappa shape index (κ2) is 6.20. The minimum atomic E-state index is -0.799. The molecule has 2 aromatic rings. The summed E-state index contributed by atoms with van der Waals surface area (Å²) in [6.07, 6.45) is 7.57. The van der Waals surface area contributed by atoms with Crippen molar-refractivity contribution in [3.05, 3.63) is 35.2 Å². The third kappa shape index (κ3) is 2.70. The van der Waals surface area contributed by atoms with Gasteiger partial charge in [-0.2, -0.15) is 5.10 Å². The molecule has 2 aromatic heterocycles. The number of fused-ring (bicyclic) bond motifs is 2. The fourth-order valence-corrected chi connectivity index (χ4v) is 5.18. The van der Waals surface area contributed by atoms with Crippen molar-refractivity contribution in [2.75, 3.05) is 0 Å². The van der Waals surface area contributed by atoms with Crippen molar-refractivity contribution in [3.63, 3.8) is 0 Å². The quantitative estimate of drug-likeness (QED) is 0.914. The predicted octanol–water partition coefficient (Wildman–Crippen LogP) is 2.83. The van der Waals surface area contributed by atoms with Crippen LogP contribution in [-0.4, -0.2) is 41.4 Å². The number of aromatic nitrogens is 4. The molecule has 2 bridgehead atoms. The highest BCUT2D eigenvalue weighted by Crippen LogP contribution is 2.46. The summed E-state index contributed by atoms with van der Waals surface area (Å²) >= 11 is 0. The zero-order valence-electron chi connectivity index (χ0n) is 16.6. The highest BCUT2D eigenvalue weighted by Gasteiger charge is 2.50. The predicted molar refractivity (Wildman–Crippen MR) is 101 cm³/mol. The van der Waals surface area contributed by atoms with Gasteiger partial charge in [-0.05, 0) is 53.4 Å². The number of aryl methyl sites for hydroxylation is 2. The van der Waals surface area contributed by atoms with Gasteiger partial charge in [0.25, 0.3) is 0 Å². The lowest BCUT2D eigenvalue weighted by molar-refractivity contribution is -0.0670. The fourth-order valence-electron chi connectivity index (χ4n) is 5.18. The van der Waals surface area contributed by atoms with Gasteiger partial charge in [-0.1, -0.05) is 0 Å². The van der Waals surface area contributed by atoms with Crippen molar-refractivity contribution in [1.82, 2.24) is 24.2 Å². The van der Waals surface area contributed by atoms with E-state index in [-0.39, 0.29) is 0 Å². The minimum absolute atomic E-state index is 0.383. The first kappa shape index (κ1) is 17.7. The Morgan fingerprint density at radius 2 is 1.88 bits per heavy atom. The van der Waals surface area contributed by atoms with Crippen LogP contribution in [-0.2, 0) is 19.2 Å². The zero-order chi connectivity index (χ0) is 18.6. The number of nitrogens with zero attached hydrogens (tertiary/aromatic N) is 5. The molecule has 0 aromatic carbocycles. The van der Waals surface area contributed by atoms with Crippen LogP contribution in [0.1, 0.15) is 68.3 Å². The molecule has 0 saturated carbocycles. The van der Waals surface area contributed by atoms with Gasteiger partial charge >= 0.3 is 0 Å². The number of aliphatic hydroxyl groups is 1. The Bertz CT molecular complexity index is 791. The van der Waals surface area contributed by atoms with Gasteiger partial charge in [0.05, 0.1) is 5.69 Å². The molecule has 2 aliphatic rings. The highest BCUT2D eigenvalue weighted by molar-refractivity contribution is 5.26. The van der Waals surface area contributed by atoms with Crippen LogP contribution in [0.5, 0.6) is 0 Å². The molecule has 4 rings (SSSR count). The molecular weight excluding hydrogens is 326 g/mol. The molecular formula is C20H31N5O. The van der Waals surface area contributed by atoms with Gasteiger partial charge in [0.1, 0.15) is 11.4 Å². The van der Waals surface area contributed by atoms with Crippen LogP contribution < -0.4 is 0 Å². The smallest absolute Gasteiger partial charge is 0.140 e. The molecule has 0 aliphatic carbocycles. The summed E-state index contributed by atoms with van der Waals surface area (Å²) in [5, 5.41) is 16.1. The van der Waals surface area contributed by atoms with E-state index < -0.39 is 5.60 Å². The molecule has 2 aliphatic heterocycles. The topological polar surface area (TPSA) is 59.1 Å². The molecule has 142 valence electrons. The Morgan fingerprint density at radius 3 is 2.38 bits per heavy atom. The molecule has 0 spiro atoms. The number of hydrogen-bond acceptors (Lipinski definition) is 4. The minimum Gasteiger partial charge on any atom is -0.382 e. The van der Waals surface area contributed by atoms with E-state index in [0.717, 1.165) is 43.7 Å². The molecule has 0 radical (unpaired) electrons. The molecule has 4 heterocycles. The van der Waals surface area contributed by atoms with Crippen molar-refractivity contribution >= 4 is 0 Å². The maximum atomic E-state index is 11.3. The van der Waals surface area contributed by atoms with Crippen LogP contribution >= 0.6 is 0 Å². The molecule has 6 heteroatoms. The molecule has 6 nitrogen and oxygen atoms in total. The lowest BCUT2D eigenvalue weighted by atomic mass is 9.85. The number of hydrogen-bond donors (Lipinski definition) is 1. The third-order valence-electron chi connectivity index (χ3n) is 6.46. The van der Waals surface area contributed by atoms with E-state index in [0.29, 0.717) is 18.1 Å². The summed E-state index contributed by atoms with van der Waals surface area (Å²) in [6.45, 7) is 9.61. The van der Waals surface area contributed by atoms with Gasteiger partial charge < -0.3 is 9.67 Å². The summed E-state index contributed by atoms with van der Waals surface area (Å²) < 4.78 is 4.11. The van der Waals surface area contributed by atoms with Crippen LogP contribution in [0.4, 0.5) is 0 Å². The Kier molecular flexibility index (Phi) is 4.23. The molecule has 1 N–H and O–H groups in total. The number of imidazole rings is 1. The van der Waals surface area contributed by atoms with Crippen LogP contribution in [0.15, 0.2) is 12.4 Å². The van der Waals surface area contributed by atoms with Gasteiger partial charge in [-0.3, -0.25) is 9.58 Å². The monoisotopic (exact) mass is 357 g/mol. The SMILES string of the molecule is Cc1nn(C(C)C)c(C)c1CN1[C@@H]2CC[C@@H]1CC(O)(c1nccn1C)C2. The van der Waals surface area contributed by atoms with E-state index in [1.807, 2.05) is 17.8 Å². The summed E-state index contributed by atoms with van der Waals surface area (Å²) in [5.74, 6) is 0.814. The average molecular weight is 358 g/mol. The third-order valence-corrected chi connectivity index (χ3v) is 6.46. The van der Waals surface area contributed by atoms with E-state index in [2.05, 4.69) is 42.3 Å². The van der Waals surface area contributed by atoms with Crippen LogP contribution in [0, 0.1) is 13.8 Å². The average Bonchev–Trinajstić information content (AvgIpc) is 3.20. The van der Waals surface area contributed by atoms with E-state index in [4.69, 9.17) is 5.10 Å². The van der Waals surface area contributed by atoms with Crippen LogP contribution in [0.3, 0.4) is 0 Å². The number of rotatable bonds is 4. The Hall–Kier alpha value is -1.66. The van der Waals surface area contributed by atoms with Gasteiger partial charge in [0, 0.05) is 55.4 Å². The molecule has 2 fully saturated rings. The molecule has 0 amide bonds. The highest BCUT2D eigenvalue weighted by atomic mass is 16.3. The standard InChI is InChI=1S/C20H31N5O/c1-13(2)25-15(4)18(14(3)22-25)12-24-16-6-7-17(24)11-20(26,10-16)19-21-8-9-23(19)5/h8-9,13,16-17,26H,6-7,10-12H2,1-5H3/t16-,17-/m1/s1. The first-order valence-corrected chi connectivity index (χ1v) is 9.80. The van der Waals surface area contributed by atoms with Crippen molar-refractivity contribution in [1.29, 1.82) is 0 Å². The lowest BCUT2D eigenvalue weighted by Crippen LogP contribution is -2.50. The maximum Gasteiger partial charge on any atom is 0.140 e. The number of piperidine rings is 1. The molecule has 0 unspecified atom stereocenters. The van der Waals surface area contributed by atoms with E-state index in [9.17, 15) is 5.11 Å². The van der Waals surface area contributed by atoms with Crippen LogP contribution in [0.2, 0.25) is 0 Å². The second-order valence-corrected chi connectivity index (χ2v) is 8.55. The fraction of sp³-hybridized carbons (Fsp3) is 0.700. The molecule has 26 heavy (non-hydrogen) atoms. The largest absolute Gasteiger partial charge is 0.382 e. The molecule has 2 atom stereocenters. The summed E-state index contributed by atoms with van der Waals surface area (Å²) in [4.78, 5) is 7.06. The van der Waals surface area contributed by atoms with Crippen LogP contribution in [0.25, 0.3) is 0 Å². The second-order valence-electron chi connectivity index (χ2n) is 8.55. The van der Waals surface area contributed by atoms with Crippen molar-refractivity contribution in [2.24, 2.45) is 7.05 Å². The molecule has 2 saturated heterocycles. The van der Waals surface area contributed by atoms with Crippen molar-refractivity contribution in [2.45, 2.75) is 83.6 Å². The summed E-state index contributed by atoms with van der Waals surface area (Å²) in [7, 11) is 1.97. The van der Waals surface area contributed by atoms with E-state index >= 15 is 0 Å². The maximum absolute atomic E-state index is 11.3. The van der Waals surface area contributed by atoms with Gasteiger partial charge in [-0.15, -0.1) is 0 Å². The van der Waals surface area contributed by atoms with E-state index in [1.165, 1.54) is 11.3 Å². The van der Waals surface area contributed by atoms with Crippen molar-refractivity contribution < 1.29 is 5.11 Å².